The van der Waals surface area contributed by atoms with E-state index in [0.29, 0.717) is 12.0 Å². The number of amides is 2. The van der Waals surface area contributed by atoms with Gasteiger partial charge in [-0.3, -0.25) is 13.9 Å². The molecular formula is C29H32Cl2FN3O4S. The van der Waals surface area contributed by atoms with Crippen molar-refractivity contribution in [3.63, 3.8) is 0 Å². The van der Waals surface area contributed by atoms with Crippen LogP contribution in [0.3, 0.4) is 0 Å². The molecule has 3 rings (SSSR count). The monoisotopic (exact) mass is 607 g/mol. The Bertz CT molecular complexity index is 1420. The molecule has 0 heterocycles. The quantitative estimate of drug-likeness (QED) is 0.296. The van der Waals surface area contributed by atoms with Crippen LogP contribution in [0.1, 0.15) is 31.4 Å². The Labute approximate surface area is 244 Å². The highest BCUT2D eigenvalue weighted by molar-refractivity contribution is 7.92. The number of carbonyl (C=O) groups is 2. The first-order chi connectivity index (χ1) is 18.9. The highest BCUT2D eigenvalue weighted by atomic mass is 35.5. The van der Waals surface area contributed by atoms with Gasteiger partial charge in [-0.05, 0) is 48.7 Å². The normalized spacial score (nSPS) is 12.8. The molecule has 0 aliphatic heterocycles. The molecule has 0 aliphatic rings. The van der Waals surface area contributed by atoms with Gasteiger partial charge in [0.15, 0.2) is 0 Å². The molecule has 2 amide bonds. The van der Waals surface area contributed by atoms with Crippen LogP contribution in [-0.2, 0) is 32.6 Å². The van der Waals surface area contributed by atoms with Crippen LogP contribution in [0.4, 0.5) is 10.1 Å². The predicted molar refractivity (Wildman–Crippen MR) is 157 cm³/mol. The summed E-state index contributed by atoms with van der Waals surface area (Å²) in [4.78, 5) is 29.0. The number of nitrogens with one attached hydrogen (secondary N) is 1. The molecule has 0 radical (unpaired) electrons. The second kappa shape index (κ2) is 14.0. The summed E-state index contributed by atoms with van der Waals surface area (Å²) in [6, 6.07) is 18.1. The molecule has 0 spiro atoms. The number of sulfonamides is 1. The first-order valence-electron chi connectivity index (χ1n) is 12.7. The van der Waals surface area contributed by atoms with Gasteiger partial charge in [-0.2, -0.15) is 0 Å². The van der Waals surface area contributed by atoms with Crippen LogP contribution in [0.25, 0.3) is 0 Å². The van der Waals surface area contributed by atoms with E-state index in [0.717, 1.165) is 16.1 Å². The van der Waals surface area contributed by atoms with E-state index in [1.807, 2.05) is 44.2 Å². The third-order valence-corrected chi connectivity index (χ3v) is 8.35. The number of benzene rings is 3. The van der Waals surface area contributed by atoms with E-state index in [4.69, 9.17) is 23.2 Å². The molecule has 0 aliphatic carbocycles. The molecule has 3 aromatic rings. The lowest BCUT2D eigenvalue weighted by Crippen LogP contribution is -2.54. The van der Waals surface area contributed by atoms with Gasteiger partial charge in [-0.15, -0.1) is 0 Å². The van der Waals surface area contributed by atoms with Crippen LogP contribution in [0, 0.1) is 5.82 Å². The summed E-state index contributed by atoms with van der Waals surface area (Å²) in [5.41, 5.74) is 1.41. The Morgan fingerprint density at radius 1 is 0.950 bits per heavy atom. The lowest BCUT2D eigenvalue weighted by molar-refractivity contribution is -0.140. The number of hydrogen-bond donors (Lipinski definition) is 1. The fourth-order valence-electron chi connectivity index (χ4n) is 4.06. The minimum atomic E-state index is -4.00. The van der Waals surface area contributed by atoms with Crippen molar-refractivity contribution in [3.8, 4) is 0 Å². The first kappa shape index (κ1) is 31.4. The molecule has 2 atom stereocenters. The highest BCUT2D eigenvalue weighted by Crippen LogP contribution is 2.34. The number of nitrogens with zero attached hydrogens (tertiary/aromatic N) is 2. The summed E-state index contributed by atoms with van der Waals surface area (Å²) in [6.45, 7) is 3.08. The van der Waals surface area contributed by atoms with Gasteiger partial charge in [-0.1, -0.05) is 78.7 Å². The van der Waals surface area contributed by atoms with Crippen molar-refractivity contribution in [1.82, 2.24) is 10.2 Å². The predicted octanol–water partition coefficient (Wildman–Crippen LogP) is 5.45. The van der Waals surface area contributed by atoms with Gasteiger partial charge < -0.3 is 10.2 Å². The van der Waals surface area contributed by atoms with E-state index in [9.17, 15) is 22.4 Å². The van der Waals surface area contributed by atoms with Crippen molar-refractivity contribution in [2.45, 2.75) is 45.3 Å². The second-order valence-corrected chi connectivity index (χ2v) is 12.2. The van der Waals surface area contributed by atoms with Crippen LogP contribution in [0.2, 0.25) is 10.0 Å². The Morgan fingerprint density at radius 3 is 2.20 bits per heavy atom. The van der Waals surface area contributed by atoms with Crippen LogP contribution in [0.5, 0.6) is 0 Å². The highest BCUT2D eigenvalue weighted by Gasteiger charge is 2.34. The van der Waals surface area contributed by atoms with Crippen molar-refractivity contribution < 1.29 is 22.4 Å². The molecule has 3 aromatic carbocycles. The van der Waals surface area contributed by atoms with Crippen molar-refractivity contribution >= 4 is 50.7 Å². The third-order valence-electron chi connectivity index (χ3n) is 6.42. The zero-order valence-electron chi connectivity index (χ0n) is 22.5. The maximum absolute atomic E-state index is 14.0. The molecular weight excluding hydrogens is 576 g/mol. The fraction of sp³-hybridized carbons (Fsp3) is 0.310. The Balaban J connectivity index is 2.08. The fourth-order valence-corrected chi connectivity index (χ4v) is 5.36. The zero-order chi connectivity index (χ0) is 29.4. The number of carbonyl (C=O) groups excluding carboxylic acids is 2. The molecule has 0 aromatic heterocycles. The van der Waals surface area contributed by atoms with Gasteiger partial charge in [0.25, 0.3) is 0 Å². The van der Waals surface area contributed by atoms with Crippen LogP contribution in [0.15, 0.2) is 72.8 Å². The van der Waals surface area contributed by atoms with E-state index in [1.54, 1.807) is 0 Å². The van der Waals surface area contributed by atoms with Crippen LogP contribution in [-0.4, -0.2) is 50.0 Å². The van der Waals surface area contributed by atoms with Crippen LogP contribution >= 0.6 is 23.2 Å². The first-order valence-corrected chi connectivity index (χ1v) is 15.3. The summed E-state index contributed by atoms with van der Waals surface area (Å²) in [5.74, 6) is -1.48. The van der Waals surface area contributed by atoms with Crippen molar-refractivity contribution in [3.05, 3.63) is 99.8 Å². The molecule has 0 bridgehead atoms. The molecule has 0 unspecified atom stereocenters. The van der Waals surface area contributed by atoms with E-state index in [-0.39, 0.29) is 40.6 Å². The number of hydrogen-bond acceptors (Lipinski definition) is 4. The topological polar surface area (TPSA) is 86.8 Å². The average molecular weight is 609 g/mol. The Hall–Kier alpha value is -3.14. The standard InChI is InChI=1S/C29H32Cl2FN3O4S/c1-4-20(2)33-29(37)26(17-21-9-6-5-7-10-21)34(18-22-13-15-23(32)16-14-22)27(36)19-35(40(3,38)39)25-12-8-11-24(30)28(25)31/h5-16,20,26H,4,17-19H2,1-3H3,(H,33,37)/t20-,26-/m0/s1. The van der Waals surface area contributed by atoms with Gasteiger partial charge in [0.1, 0.15) is 18.4 Å². The Morgan fingerprint density at radius 2 is 1.60 bits per heavy atom. The smallest absolute Gasteiger partial charge is 0.244 e. The second-order valence-electron chi connectivity index (χ2n) is 9.51. The maximum atomic E-state index is 14.0. The van der Waals surface area contributed by atoms with Gasteiger partial charge in [0.05, 0.1) is 22.0 Å². The molecule has 214 valence electrons. The van der Waals surface area contributed by atoms with Crippen molar-refractivity contribution in [1.29, 1.82) is 0 Å². The number of rotatable bonds is 12. The minimum Gasteiger partial charge on any atom is -0.352 e. The summed E-state index contributed by atoms with van der Waals surface area (Å²) >= 11 is 12.5. The van der Waals surface area contributed by atoms with E-state index in [2.05, 4.69) is 5.32 Å². The zero-order valence-corrected chi connectivity index (χ0v) is 24.8. The lowest BCUT2D eigenvalue weighted by Gasteiger charge is -2.34. The van der Waals surface area contributed by atoms with Crippen molar-refractivity contribution in [2.75, 3.05) is 17.1 Å². The molecule has 7 nitrogen and oxygen atoms in total. The minimum absolute atomic E-state index is 0.0252. The van der Waals surface area contributed by atoms with E-state index >= 15 is 0 Å². The van der Waals surface area contributed by atoms with Crippen molar-refractivity contribution in [2.24, 2.45) is 0 Å². The number of anilines is 1. The molecule has 0 fully saturated rings. The summed E-state index contributed by atoms with van der Waals surface area (Å²) in [7, 11) is -4.00. The third kappa shape index (κ3) is 8.43. The Kier molecular flexibility index (Phi) is 11.0. The SMILES string of the molecule is CC[C@H](C)NC(=O)[C@H](Cc1ccccc1)N(Cc1ccc(F)cc1)C(=O)CN(c1cccc(Cl)c1Cl)S(C)(=O)=O. The molecule has 40 heavy (non-hydrogen) atoms. The molecule has 0 saturated heterocycles. The van der Waals surface area contributed by atoms with E-state index < -0.39 is 34.3 Å². The van der Waals surface area contributed by atoms with Gasteiger partial charge >= 0.3 is 0 Å². The van der Waals surface area contributed by atoms with Gasteiger partial charge in [0, 0.05) is 19.0 Å². The van der Waals surface area contributed by atoms with Gasteiger partial charge in [-0.25, -0.2) is 12.8 Å². The summed E-state index contributed by atoms with van der Waals surface area (Å²) < 4.78 is 40.2. The summed E-state index contributed by atoms with van der Waals surface area (Å²) in [6.07, 6.45) is 1.80. The van der Waals surface area contributed by atoms with E-state index in [1.165, 1.54) is 47.4 Å². The maximum Gasteiger partial charge on any atom is 0.244 e. The average Bonchev–Trinajstić information content (AvgIpc) is 2.91. The van der Waals surface area contributed by atoms with Gasteiger partial charge in [0.2, 0.25) is 21.8 Å². The molecule has 11 heteroatoms. The molecule has 0 saturated carbocycles. The largest absolute Gasteiger partial charge is 0.352 e. The van der Waals surface area contributed by atoms with Crippen LogP contribution < -0.4 is 9.62 Å². The lowest BCUT2D eigenvalue weighted by atomic mass is 10.0. The number of halogens is 3. The summed E-state index contributed by atoms with van der Waals surface area (Å²) in [5, 5.41) is 3.05. The molecule has 1 N–H and O–H groups in total.